The Morgan fingerprint density at radius 3 is 2.27 bits per heavy atom. The molecule has 0 heterocycles. The maximum Gasteiger partial charge on any atom is 0.417 e. The Morgan fingerprint density at radius 1 is 1.33 bits per heavy atom. The van der Waals surface area contributed by atoms with E-state index in [1.165, 1.54) is 22.6 Å². The van der Waals surface area contributed by atoms with Crippen molar-refractivity contribution < 1.29 is 22.5 Å². The van der Waals surface area contributed by atoms with Gasteiger partial charge in [0.1, 0.15) is 9.39 Å². The third kappa shape index (κ3) is 2.55. The van der Waals surface area contributed by atoms with E-state index >= 15 is 0 Å². The number of hydrogen-bond donors (Lipinski definition) is 0. The van der Waals surface area contributed by atoms with E-state index in [4.69, 9.17) is 0 Å². The van der Waals surface area contributed by atoms with Crippen LogP contribution in [0.4, 0.5) is 23.2 Å². The zero-order valence-corrected chi connectivity index (χ0v) is 8.97. The van der Waals surface area contributed by atoms with Crippen LogP contribution in [0.15, 0.2) is 12.1 Å². The smallest absolute Gasteiger partial charge is 0.258 e. The number of nitro benzene ring substituents is 1. The summed E-state index contributed by atoms with van der Waals surface area (Å²) >= 11 is 1.17. The van der Waals surface area contributed by atoms with Crippen molar-refractivity contribution >= 4 is 28.3 Å². The first kappa shape index (κ1) is 12.1. The van der Waals surface area contributed by atoms with Crippen molar-refractivity contribution in [3.8, 4) is 0 Å². The molecular weight excluding hydrogens is 333 g/mol. The molecule has 0 spiro atoms. The van der Waals surface area contributed by atoms with Crippen molar-refractivity contribution in [3.63, 3.8) is 0 Å². The number of rotatable bonds is 1. The van der Waals surface area contributed by atoms with Crippen LogP contribution in [-0.2, 0) is 6.18 Å². The van der Waals surface area contributed by atoms with E-state index in [9.17, 15) is 27.7 Å². The molecule has 0 radical (unpaired) electrons. The van der Waals surface area contributed by atoms with E-state index in [2.05, 4.69) is 0 Å². The summed E-state index contributed by atoms with van der Waals surface area (Å²) < 4.78 is 48.9. The Hall–Kier alpha value is -0.930. The molecule has 0 amide bonds. The van der Waals surface area contributed by atoms with Gasteiger partial charge in [0.15, 0.2) is 0 Å². The van der Waals surface area contributed by atoms with E-state index in [-0.39, 0.29) is 6.07 Å². The molecule has 0 aliphatic rings. The summed E-state index contributed by atoms with van der Waals surface area (Å²) in [6.07, 6.45) is -4.80. The lowest BCUT2D eigenvalue weighted by molar-refractivity contribution is -0.386. The maximum atomic E-state index is 12.7. The van der Waals surface area contributed by atoms with Crippen LogP contribution < -0.4 is 0 Å². The van der Waals surface area contributed by atoms with E-state index in [1.807, 2.05) is 0 Å². The van der Waals surface area contributed by atoms with Crippen molar-refractivity contribution in [3.05, 3.63) is 37.2 Å². The second-order valence-electron chi connectivity index (χ2n) is 2.54. The Morgan fingerprint density at radius 2 is 1.87 bits per heavy atom. The van der Waals surface area contributed by atoms with Crippen molar-refractivity contribution in [2.24, 2.45) is 0 Å². The van der Waals surface area contributed by atoms with Gasteiger partial charge in [-0.05, 0) is 28.7 Å². The molecule has 0 aliphatic heterocycles. The van der Waals surface area contributed by atoms with E-state index in [1.54, 1.807) is 0 Å². The van der Waals surface area contributed by atoms with Crippen molar-refractivity contribution in [2.75, 3.05) is 0 Å². The number of benzene rings is 1. The molecule has 1 aromatic rings. The lowest BCUT2D eigenvalue weighted by Crippen LogP contribution is -2.10. The van der Waals surface area contributed by atoms with Gasteiger partial charge in [-0.15, -0.1) is 0 Å². The van der Waals surface area contributed by atoms with Gasteiger partial charge < -0.3 is 0 Å². The fourth-order valence-electron chi connectivity index (χ4n) is 0.914. The van der Waals surface area contributed by atoms with Crippen LogP contribution in [0.3, 0.4) is 0 Å². The van der Waals surface area contributed by atoms with Crippen LogP contribution in [0.5, 0.6) is 0 Å². The van der Waals surface area contributed by atoms with Crippen LogP contribution >= 0.6 is 22.6 Å². The largest absolute Gasteiger partial charge is 0.417 e. The zero-order chi connectivity index (χ0) is 11.8. The average Bonchev–Trinajstić information content (AvgIpc) is 2.06. The average molecular weight is 335 g/mol. The molecule has 0 saturated heterocycles. The minimum atomic E-state index is -4.80. The standard InChI is InChI=1S/C7H2F4INO2/c8-3-1-4(7(9,10)11)6(12)5(2-3)13(14)15/h1-2H. The molecule has 0 bridgehead atoms. The first-order chi connectivity index (χ1) is 6.73. The predicted molar refractivity (Wildman–Crippen MR) is 50.8 cm³/mol. The third-order valence-corrected chi connectivity index (χ3v) is 2.65. The van der Waals surface area contributed by atoms with Crippen LogP contribution in [0, 0.1) is 19.5 Å². The van der Waals surface area contributed by atoms with Gasteiger partial charge in [-0.3, -0.25) is 10.1 Å². The highest BCUT2D eigenvalue weighted by Gasteiger charge is 2.36. The predicted octanol–water partition coefficient (Wildman–Crippen LogP) is 3.36. The van der Waals surface area contributed by atoms with E-state index in [0.717, 1.165) is 0 Å². The lowest BCUT2D eigenvalue weighted by atomic mass is 10.2. The van der Waals surface area contributed by atoms with Crippen LogP contribution in [-0.4, -0.2) is 4.92 Å². The highest BCUT2D eigenvalue weighted by atomic mass is 127. The molecule has 1 aromatic carbocycles. The van der Waals surface area contributed by atoms with Crippen molar-refractivity contribution in [1.29, 1.82) is 0 Å². The molecule has 8 heteroatoms. The van der Waals surface area contributed by atoms with Crippen molar-refractivity contribution in [1.82, 2.24) is 0 Å². The van der Waals surface area contributed by atoms with Gasteiger partial charge >= 0.3 is 6.18 Å². The Bertz CT molecular complexity index is 418. The monoisotopic (exact) mass is 335 g/mol. The molecular formula is C7H2F4INO2. The second-order valence-corrected chi connectivity index (χ2v) is 3.62. The highest BCUT2D eigenvalue weighted by molar-refractivity contribution is 14.1. The minimum Gasteiger partial charge on any atom is -0.258 e. The number of alkyl halides is 3. The molecule has 0 atom stereocenters. The molecule has 15 heavy (non-hydrogen) atoms. The summed E-state index contributed by atoms with van der Waals surface area (Å²) in [4.78, 5) is 9.26. The summed E-state index contributed by atoms with van der Waals surface area (Å²) in [7, 11) is 0. The fraction of sp³-hybridized carbons (Fsp3) is 0.143. The number of hydrogen-bond acceptors (Lipinski definition) is 2. The van der Waals surface area contributed by atoms with E-state index in [0.29, 0.717) is 6.07 Å². The van der Waals surface area contributed by atoms with Gasteiger partial charge in [0.2, 0.25) is 0 Å². The first-order valence-corrected chi connectivity index (χ1v) is 4.52. The Balaban J connectivity index is 3.49. The maximum absolute atomic E-state index is 12.7. The van der Waals surface area contributed by atoms with Crippen LogP contribution in [0.25, 0.3) is 0 Å². The summed E-state index contributed by atoms with van der Waals surface area (Å²) in [6.45, 7) is 0. The minimum absolute atomic E-state index is 0.231. The van der Waals surface area contributed by atoms with E-state index < -0.39 is 31.7 Å². The van der Waals surface area contributed by atoms with Gasteiger partial charge in [-0.2, -0.15) is 13.2 Å². The summed E-state index contributed by atoms with van der Waals surface area (Å²) in [5, 5.41) is 10.3. The molecule has 0 aliphatic carbocycles. The molecule has 0 unspecified atom stereocenters. The van der Waals surface area contributed by atoms with Crippen molar-refractivity contribution in [2.45, 2.75) is 6.18 Å². The molecule has 0 N–H and O–H groups in total. The Labute approximate surface area is 94.4 Å². The van der Waals surface area contributed by atoms with Crippen LogP contribution in [0.2, 0.25) is 0 Å². The summed E-state index contributed by atoms with van der Waals surface area (Å²) in [5.74, 6) is -1.28. The number of nitrogens with zero attached hydrogens (tertiary/aromatic N) is 1. The molecule has 0 aromatic heterocycles. The normalized spacial score (nSPS) is 11.5. The first-order valence-electron chi connectivity index (χ1n) is 3.44. The topological polar surface area (TPSA) is 43.1 Å². The lowest BCUT2D eigenvalue weighted by Gasteiger charge is -2.08. The highest BCUT2D eigenvalue weighted by Crippen LogP contribution is 2.37. The molecule has 3 nitrogen and oxygen atoms in total. The van der Waals surface area contributed by atoms with Gasteiger partial charge in [0.25, 0.3) is 5.69 Å². The third-order valence-electron chi connectivity index (χ3n) is 1.52. The van der Waals surface area contributed by atoms with Gasteiger partial charge in [-0.1, -0.05) is 0 Å². The molecule has 0 fully saturated rings. The van der Waals surface area contributed by atoms with Gasteiger partial charge in [0, 0.05) is 0 Å². The quantitative estimate of drug-likeness (QED) is 0.342. The Kier molecular flexibility index (Phi) is 3.16. The molecule has 1 rings (SSSR count). The fourth-order valence-corrected chi connectivity index (χ4v) is 1.73. The van der Waals surface area contributed by atoms with Gasteiger partial charge in [0.05, 0.1) is 16.6 Å². The SMILES string of the molecule is O=[N+]([O-])c1cc(F)cc(C(F)(F)F)c1I. The summed E-state index contributed by atoms with van der Waals surface area (Å²) in [6, 6.07) is 0.686. The van der Waals surface area contributed by atoms with Gasteiger partial charge in [-0.25, -0.2) is 4.39 Å². The molecule has 82 valence electrons. The van der Waals surface area contributed by atoms with Crippen LogP contribution in [0.1, 0.15) is 5.56 Å². The molecule has 0 saturated carbocycles. The number of nitro groups is 1. The number of halogens is 5. The second kappa shape index (κ2) is 3.91. The zero-order valence-electron chi connectivity index (χ0n) is 6.81. The summed E-state index contributed by atoms with van der Waals surface area (Å²) in [5.41, 5.74) is -2.22.